The smallest absolute Gasteiger partial charge is 0.403 e. The van der Waals surface area contributed by atoms with E-state index in [1.807, 2.05) is 23.1 Å². The molecule has 6 nitrogen and oxygen atoms in total. The van der Waals surface area contributed by atoms with E-state index in [0.717, 1.165) is 5.56 Å². The van der Waals surface area contributed by atoms with Crippen LogP contribution in [0, 0.1) is 0 Å². The predicted octanol–water partition coefficient (Wildman–Crippen LogP) is 2.35. The van der Waals surface area contributed by atoms with E-state index in [1.165, 1.54) is 11.8 Å². The third-order valence-electron chi connectivity index (χ3n) is 4.75. The van der Waals surface area contributed by atoms with Gasteiger partial charge in [-0.1, -0.05) is 6.07 Å². The molecule has 1 N–H and O–H groups in total. The lowest BCUT2D eigenvalue weighted by molar-refractivity contribution is -0.181. The van der Waals surface area contributed by atoms with Crippen LogP contribution in [0.15, 0.2) is 23.2 Å². The van der Waals surface area contributed by atoms with Crippen molar-refractivity contribution in [1.29, 1.82) is 0 Å². The van der Waals surface area contributed by atoms with Gasteiger partial charge in [0.1, 0.15) is 6.04 Å². The largest absolute Gasteiger partial charge is 0.493 e. The van der Waals surface area contributed by atoms with Crippen molar-refractivity contribution >= 4 is 5.96 Å². The van der Waals surface area contributed by atoms with Crippen LogP contribution in [0.2, 0.25) is 0 Å². The molecule has 1 saturated heterocycles. The Bertz CT molecular complexity index is 644. The van der Waals surface area contributed by atoms with Gasteiger partial charge in [0.25, 0.3) is 0 Å². The summed E-state index contributed by atoms with van der Waals surface area (Å²) < 4.78 is 49.1. The number of guanidine groups is 1. The molecule has 0 spiro atoms. The van der Waals surface area contributed by atoms with Crippen molar-refractivity contribution in [1.82, 2.24) is 15.1 Å². The van der Waals surface area contributed by atoms with E-state index in [9.17, 15) is 13.2 Å². The predicted molar refractivity (Wildman–Crippen MR) is 98.4 cm³/mol. The van der Waals surface area contributed by atoms with E-state index in [0.29, 0.717) is 50.2 Å². The monoisotopic (exact) mass is 388 g/mol. The molecular weight excluding hydrogens is 361 g/mol. The van der Waals surface area contributed by atoms with E-state index in [-0.39, 0.29) is 0 Å². The lowest BCUT2D eigenvalue weighted by Gasteiger charge is -2.39. The molecule has 0 radical (unpaired) electrons. The summed E-state index contributed by atoms with van der Waals surface area (Å²) in [4.78, 5) is 7.69. The topological polar surface area (TPSA) is 49.3 Å². The molecule has 27 heavy (non-hydrogen) atoms. The zero-order valence-electron chi connectivity index (χ0n) is 16.1. The summed E-state index contributed by atoms with van der Waals surface area (Å²) in [5.74, 6) is 1.96. The third kappa shape index (κ3) is 5.41. The van der Waals surface area contributed by atoms with Crippen molar-refractivity contribution < 1.29 is 22.6 Å². The van der Waals surface area contributed by atoms with Crippen molar-refractivity contribution in [2.75, 3.05) is 47.4 Å². The summed E-state index contributed by atoms with van der Waals surface area (Å²) in [5, 5.41) is 3.26. The van der Waals surface area contributed by atoms with Crippen molar-refractivity contribution in [3.05, 3.63) is 23.8 Å². The van der Waals surface area contributed by atoms with Gasteiger partial charge >= 0.3 is 6.18 Å². The average Bonchev–Trinajstić information content (AvgIpc) is 2.67. The van der Waals surface area contributed by atoms with Crippen LogP contribution in [0.4, 0.5) is 13.2 Å². The van der Waals surface area contributed by atoms with E-state index in [1.54, 1.807) is 21.3 Å². The maximum absolute atomic E-state index is 12.9. The second-order valence-corrected chi connectivity index (χ2v) is 6.33. The summed E-state index contributed by atoms with van der Waals surface area (Å²) in [6.45, 7) is 3.40. The van der Waals surface area contributed by atoms with Gasteiger partial charge in [-0.2, -0.15) is 13.2 Å². The highest BCUT2D eigenvalue weighted by atomic mass is 19.4. The first-order chi connectivity index (χ1) is 12.8. The molecule has 0 aromatic heterocycles. The molecule has 9 heteroatoms. The summed E-state index contributed by atoms with van der Waals surface area (Å²) in [6.07, 6.45) is -4.20. The quantitative estimate of drug-likeness (QED) is 0.620. The number of benzene rings is 1. The summed E-state index contributed by atoms with van der Waals surface area (Å²) in [5.41, 5.74) is 0.984. The Morgan fingerprint density at radius 3 is 2.30 bits per heavy atom. The zero-order valence-corrected chi connectivity index (χ0v) is 16.1. The summed E-state index contributed by atoms with van der Waals surface area (Å²) in [6, 6.07) is 4.20. The van der Waals surface area contributed by atoms with Gasteiger partial charge in [0.15, 0.2) is 17.5 Å². The molecule has 2 rings (SSSR count). The molecule has 1 aromatic rings. The molecule has 1 aliphatic rings. The number of nitrogens with zero attached hydrogens (tertiary/aromatic N) is 3. The first-order valence-corrected chi connectivity index (χ1v) is 8.77. The van der Waals surface area contributed by atoms with Crippen molar-refractivity contribution in [3.8, 4) is 11.5 Å². The minimum Gasteiger partial charge on any atom is -0.493 e. The Balaban J connectivity index is 1.92. The minimum atomic E-state index is -4.20. The third-order valence-corrected chi connectivity index (χ3v) is 4.75. The molecule has 1 heterocycles. The molecule has 1 aliphatic heterocycles. The second kappa shape index (κ2) is 9.16. The number of aliphatic imine (C=N–C) groups is 1. The number of rotatable bonds is 5. The molecule has 1 fully saturated rings. The lowest BCUT2D eigenvalue weighted by atomic mass is 10.2. The standard InChI is InChI=1S/C18H27F3N4O2/c1-13(18(19,20)21)24-7-9-25(10-8-24)17(22-2)23-12-14-5-6-15(26-3)16(11-14)27-4/h5-6,11,13H,7-10,12H2,1-4H3,(H,22,23). The Morgan fingerprint density at radius 2 is 1.78 bits per heavy atom. The number of ether oxygens (including phenoxy) is 2. The van der Waals surface area contributed by atoms with Crippen molar-refractivity contribution in [2.45, 2.75) is 25.7 Å². The first kappa shape index (κ1) is 21.1. The SMILES string of the molecule is CN=C(NCc1ccc(OC)c(OC)c1)N1CCN(C(C)C(F)(F)F)CC1. The highest BCUT2D eigenvalue weighted by Crippen LogP contribution is 2.27. The van der Waals surface area contributed by atoms with Crippen LogP contribution in [0.25, 0.3) is 0 Å². The van der Waals surface area contributed by atoms with Gasteiger partial charge in [-0.3, -0.25) is 9.89 Å². The van der Waals surface area contributed by atoms with E-state index in [2.05, 4.69) is 10.3 Å². The van der Waals surface area contributed by atoms with Crippen molar-refractivity contribution in [3.63, 3.8) is 0 Å². The number of hydrogen-bond donors (Lipinski definition) is 1. The Hall–Kier alpha value is -2.16. The molecule has 0 bridgehead atoms. The maximum atomic E-state index is 12.9. The Kier molecular flexibility index (Phi) is 7.18. The molecule has 1 unspecified atom stereocenters. The fourth-order valence-electron chi connectivity index (χ4n) is 3.03. The number of piperazine rings is 1. The van der Waals surface area contributed by atoms with Crippen LogP contribution in [0.5, 0.6) is 11.5 Å². The van der Waals surface area contributed by atoms with Gasteiger partial charge in [-0.25, -0.2) is 0 Å². The second-order valence-electron chi connectivity index (χ2n) is 6.33. The van der Waals surface area contributed by atoms with Gasteiger partial charge < -0.3 is 19.7 Å². The molecule has 0 amide bonds. The van der Waals surface area contributed by atoms with Gasteiger partial charge in [-0.05, 0) is 24.6 Å². The van der Waals surface area contributed by atoms with Crippen molar-refractivity contribution in [2.24, 2.45) is 4.99 Å². The number of methoxy groups -OCH3 is 2. The van der Waals surface area contributed by atoms with E-state index < -0.39 is 12.2 Å². The number of halogens is 3. The van der Waals surface area contributed by atoms with Crippen LogP contribution in [0.1, 0.15) is 12.5 Å². The van der Waals surface area contributed by atoms with Crippen LogP contribution in [-0.4, -0.2) is 75.4 Å². The molecular formula is C18H27F3N4O2. The number of hydrogen-bond acceptors (Lipinski definition) is 4. The zero-order chi connectivity index (χ0) is 20.0. The number of alkyl halides is 3. The lowest BCUT2D eigenvalue weighted by Crippen LogP contribution is -2.56. The minimum absolute atomic E-state index is 0.345. The molecule has 0 aliphatic carbocycles. The molecule has 0 saturated carbocycles. The van der Waals surface area contributed by atoms with Gasteiger partial charge in [0.2, 0.25) is 0 Å². The highest BCUT2D eigenvalue weighted by Gasteiger charge is 2.41. The van der Waals surface area contributed by atoms with E-state index in [4.69, 9.17) is 9.47 Å². The van der Waals surface area contributed by atoms with E-state index >= 15 is 0 Å². The Morgan fingerprint density at radius 1 is 1.15 bits per heavy atom. The normalized spacial score (nSPS) is 17.6. The first-order valence-electron chi connectivity index (χ1n) is 8.77. The van der Waals surface area contributed by atoms with Crippen LogP contribution < -0.4 is 14.8 Å². The van der Waals surface area contributed by atoms with Crippen LogP contribution in [-0.2, 0) is 6.54 Å². The van der Waals surface area contributed by atoms with Gasteiger partial charge in [0.05, 0.1) is 14.2 Å². The number of nitrogens with one attached hydrogen (secondary N) is 1. The molecule has 1 atom stereocenters. The Labute approximate surface area is 157 Å². The fraction of sp³-hybridized carbons (Fsp3) is 0.611. The maximum Gasteiger partial charge on any atom is 0.403 e. The molecule has 152 valence electrons. The summed E-state index contributed by atoms with van der Waals surface area (Å²) >= 11 is 0. The van der Waals surface area contributed by atoms with Crippen LogP contribution >= 0.6 is 0 Å². The average molecular weight is 388 g/mol. The van der Waals surface area contributed by atoms with Gasteiger partial charge in [0, 0.05) is 39.8 Å². The van der Waals surface area contributed by atoms with Gasteiger partial charge in [-0.15, -0.1) is 0 Å². The van der Waals surface area contributed by atoms with Crippen LogP contribution in [0.3, 0.4) is 0 Å². The highest BCUT2D eigenvalue weighted by molar-refractivity contribution is 5.80. The molecule has 1 aromatic carbocycles. The summed E-state index contributed by atoms with van der Waals surface area (Å²) in [7, 11) is 4.83. The fourth-order valence-corrected chi connectivity index (χ4v) is 3.03.